The minimum Gasteiger partial charge on any atom is -0.314 e. The van der Waals surface area contributed by atoms with E-state index in [1.54, 1.807) is 0 Å². The summed E-state index contributed by atoms with van der Waals surface area (Å²) in [6, 6.07) is 0.504. The van der Waals surface area contributed by atoms with E-state index in [0.717, 1.165) is 25.3 Å². The van der Waals surface area contributed by atoms with Gasteiger partial charge in [0.15, 0.2) is 0 Å². The van der Waals surface area contributed by atoms with Gasteiger partial charge in [0.05, 0.1) is 6.20 Å². The Bertz CT molecular complexity index is 260. The highest BCUT2D eigenvalue weighted by Crippen LogP contribution is 1.98. The van der Waals surface area contributed by atoms with Crippen LogP contribution in [-0.2, 0) is 13.5 Å². The highest BCUT2D eigenvalue weighted by molar-refractivity contribution is 6.17. The summed E-state index contributed by atoms with van der Waals surface area (Å²) in [5.74, 6) is 0.723. The van der Waals surface area contributed by atoms with Crippen LogP contribution in [0.4, 0.5) is 0 Å². The van der Waals surface area contributed by atoms with Gasteiger partial charge in [-0.2, -0.15) is 5.10 Å². The zero-order valence-electron chi connectivity index (χ0n) is 8.83. The van der Waals surface area contributed by atoms with Gasteiger partial charge in [0, 0.05) is 25.2 Å². The molecular formula is C10H18ClN3. The first kappa shape index (κ1) is 11.5. The van der Waals surface area contributed by atoms with Crippen molar-refractivity contribution in [3.63, 3.8) is 0 Å². The van der Waals surface area contributed by atoms with E-state index in [1.165, 1.54) is 5.56 Å². The monoisotopic (exact) mass is 215 g/mol. The molecule has 0 saturated heterocycles. The van der Waals surface area contributed by atoms with Crippen LogP contribution in [0.25, 0.3) is 0 Å². The lowest BCUT2D eigenvalue weighted by Gasteiger charge is -2.10. The van der Waals surface area contributed by atoms with Crippen molar-refractivity contribution in [1.29, 1.82) is 0 Å². The lowest BCUT2D eigenvalue weighted by atomic mass is 10.2. The van der Waals surface area contributed by atoms with Gasteiger partial charge < -0.3 is 5.32 Å². The van der Waals surface area contributed by atoms with E-state index >= 15 is 0 Å². The van der Waals surface area contributed by atoms with E-state index in [4.69, 9.17) is 11.6 Å². The smallest absolute Gasteiger partial charge is 0.0522 e. The number of rotatable bonds is 6. The Hall–Kier alpha value is -0.540. The summed E-state index contributed by atoms with van der Waals surface area (Å²) in [4.78, 5) is 0. The fraction of sp³-hybridized carbons (Fsp3) is 0.700. The molecule has 4 heteroatoms. The maximum atomic E-state index is 5.64. The minimum atomic E-state index is 0.504. The van der Waals surface area contributed by atoms with E-state index in [0.29, 0.717) is 6.04 Å². The van der Waals surface area contributed by atoms with Crippen molar-refractivity contribution < 1.29 is 0 Å². The van der Waals surface area contributed by atoms with E-state index in [2.05, 4.69) is 17.3 Å². The standard InChI is InChI=1S/C10H18ClN3/c1-9(3-5-11)12-6-4-10-7-13-14(2)8-10/h7-9,12H,3-6H2,1-2H3. The fourth-order valence-electron chi connectivity index (χ4n) is 1.33. The molecule has 1 rings (SSSR count). The first-order valence-corrected chi connectivity index (χ1v) is 5.52. The normalized spacial score (nSPS) is 13.1. The van der Waals surface area contributed by atoms with Crippen LogP contribution >= 0.6 is 11.6 Å². The third kappa shape index (κ3) is 4.11. The predicted molar refractivity (Wildman–Crippen MR) is 59.7 cm³/mol. The second-order valence-corrected chi connectivity index (χ2v) is 3.98. The highest BCUT2D eigenvalue weighted by atomic mass is 35.5. The van der Waals surface area contributed by atoms with E-state index in [9.17, 15) is 0 Å². The number of alkyl halides is 1. The van der Waals surface area contributed by atoms with Gasteiger partial charge in [0.25, 0.3) is 0 Å². The van der Waals surface area contributed by atoms with Gasteiger partial charge >= 0.3 is 0 Å². The number of aromatic nitrogens is 2. The topological polar surface area (TPSA) is 29.9 Å². The first-order valence-electron chi connectivity index (χ1n) is 4.99. The molecule has 3 nitrogen and oxygen atoms in total. The third-order valence-electron chi connectivity index (χ3n) is 2.21. The van der Waals surface area contributed by atoms with Crippen molar-refractivity contribution >= 4 is 11.6 Å². The second-order valence-electron chi connectivity index (χ2n) is 3.61. The highest BCUT2D eigenvalue weighted by Gasteiger charge is 2.00. The van der Waals surface area contributed by atoms with Gasteiger partial charge in [-0.25, -0.2) is 0 Å². The molecule has 1 aromatic heterocycles. The molecule has 0 spiro atoms. The van der Waals surface area contributed by atoms with Crippen LogP contribution < -0.4 is 5.32 Å². The van der Waals surface area contributed by atoms with Crippen LogP contribution in [0, 0.1) is 0 Å². The Balaban J connectivity index is 2.15. The van der Waals surface area contributed by atoms with Crippen molar-refractivity contribution in [2.45, 2.75) is 25.8 Å². The molecular weight excluding hydrogens is 198 g/mol. The average Bonchev–Trinajstić information content (AvgIpc) is 2.52. The number of hydrogen-bond donors (Lipinski definition) is 1. The van der Waals surface area contributed by atoms with E-state index < -0.39 is 0 Å². The van der Waals surface area contributed by atoms with Crippen LogP contribution in [0.2, 0.25) is 0 Å². The predicted octanol–water partition coefficient (Wildman–Crippen LogP) is 1.57. The van der Waals surface area contributed by atoms with Crippen LogP contribution in [0.1, 0.15) is 18.9 Å². The summed E-state index contributed by atoms with van der Waals surface area (Å²) in [6.07, 6.45) is 6.01. The van der Waals surface area contributed by atoms with Gasteiger partial charge in [-0.1, -0.05) is 0 Å². The van der Waals surface area contributed by atoms with Gasteiger partial charge in [0.1, 0.15) is 0 Å². The number of hydrogen-bond acceptors (Lipinski definition) is 2. The van der Waals surface area contributed by atoms with Crippen molar-refractivity contribution in [2.24, 2.45) is 7.05 Å². The quantitative estimate of drug-likeness (QED) is 0.731. The molecule has 0 bridgehead atoms. The molecule has 0 aromatic carbocycles. The lowest BCUT2D eigenvalue weighted by molar-refractivity contribution is 0.539. The lowest BCUT2D eigenvalue weighted by Crippen LogP contribution is -2.28. The van der Waals surface area contributed by atoms with Gasteiger partial charge in [-0.3, -0.25) is 4.68 Å². The molecule has 1 atom stereocenters. The molecule has 14 heavy (non-hydrogen) atoms. The van der Waals surface area contributed by atoms with E-state index in [-0.39, 0.29) is 0 Å². The molecule has 0 radical (unpaired) electrons. The molecule has 80 valence electrons. The van der Waals surface area contributed by atoms with Crippen LogP contribution in [0.5, 0.6) is 0 Å². The fourth-order valence-corrected chi connectivity index (χ4v) is 1.66. The molecule has 1 aromatic rings. The Morgan fingerprint density at radius 3 is 3.00 bits per heavy atom. The molecule has 1 heterocycles. The summed E-state index contributed by atoms with van der Waals surface area (Å²) in [6.45, 7) is 3.15. The Morgan fingerprint density at radius 1 is 1.64 bits per heavy atom. The van der Waals surface area contributed by atoms with Crippen molar-refractivity contribution in [3.05, 3.63) is 18.0 Å². The summed E-state index contributed by atoms with van der Waals surface area (Å²) in [5.41, 5.74) is 1.28. The Morgan fingerprint density at radius 2 is 2.43 bits per heavy atom. The zero-order valence-corrected chi connectivity index (χ0v) is 9.59. The van der Waals surface area contributed by atoms with Crippen LogP contribution in [0.3, 0.4) is 0 Å². The largest absolute Gasteiger partial charge is 0.314 e. The Kier molecular flexibility index (Phi) is 4.98. The SMILES string of the molecule is CC(CCCl)NCCc1cnn(C)c1. The summed E-state index contributed by atoms with van der Waals surface area (Å²) in [7, 11) is 1.94. The maximum absolute atomic E-state index is 5.64. The van der Waals surface area contributed by atoms with Gasteiger partial charge in [-0.15, -0.1) is 11.6 Å². The summed E-state index contributed by atoms with van der Waals surface area (Å²) in [5, 5.41) is 7.54. The molecule has 0 aliphatic rings. The number of nitrogens with one attached hydrogen (secondary N) is 1. The number of halogens is 1. The third-order valence-corrected chi connectivity index (χ3v) is 2.43. The Labute approximate surface area is 90.4 Å². The molecule has 1 unspecified atom stereocenters. The number of nitrogens with zero attached hydrogens (tertiary/aromatic N) is 2. The molecule has 0 fully saturated rings. The van der Waals surface area contributed by atoms with Crippen molar-refractivity contribution in [3.8, 4) is 0 Å². The van der Waals surface area contributed by atoms with Crippen molar-refractivity contribution in [1.82, 2.24) is 15.1 Å². The van der Waals surface area contributed by atoms with Crippen molar-refractivity contribution in [2.75, 3.05) is 12.4 Å². The van der Waals surface area contributed by atoms with Crippen LogP contribution in [0.15, 0.2) is 12.4 Å². The average molecular weight is 216 g/mol. The molecule has 1 N–H and O–H groups in total. The summed E-state index contributed by atoms with van der Waals surface area (Å²) >= 11 is 5.64. The van der Waals surface area contributed by atoms with Crippen LogP contribution in [-0.4, -0.2) is 28.2 Å². The van der Waals surface area contributed by atoms with Gasteiger partial charge in [-0.05, 0) is 31.9 Å². The molecule has 0 amide bonds. The minimum absolute atomic E-state index is 0.504. The second kappa shape index (κ2) is 6.04. The van der Waals surface area contributed by atoms with E-state index in [1.807, 2.05) is 24.1 Å². The summed E-state index contributed by atoms with van der Waals surface area (Å²) < 4.78 is 1.83. The van der Waals surface area contributed by atoms with Gasteiger partial charge in [0.2, 0.25) is 0 Å². The molecule has 0 aliphatic heterocycles. The first-order chi connectivity index (χ1) is 6.72. The molecule has 0 aliphatic carbocycles. The zero-order chi connectivity index (χ0) is 10.4. The maximum Gasteiger partial charge on any atom is 0.0522 e. The molecule has 0 saturated carbocycles. The number of aryl methyl sites for hydroxylation is 1.